The van der Waals surface area contributed by atoms with Crippen LogP contribution in [0.2, 0.25) is 0 Å². The normalized spacial score (nSPS) is 18.5. The van der Waals surface area contributed by atoms with Crippen LogP contribution >= 0.6 is 0 Å². The number of hydrogen-bond donors (Lipinski definition) is 2. The lowest BCUT2D eigenvalue weighted by molar-refractivity contribution is -0.116. The molecule has 3 atom stereocenters. The predicted molar refractivity (Wildman–Crippen MR) is 137 cm³/mol. The van der Waals surface area contributed by atoms with Crippen molar-refractivity contribution in [2.24, 2.45) is 5.92 Å². The van der Waals surface area contributed by atoms with Gasteiger partial charge in [0.15, 0.2) is 0 Å². The molecular weight excluding hydrogens is 474 g/mol. The Morgan fingerprint density at radius 3 is 2.76 bits per heavy atom. The Morgan fingerprint density at radius 1 is 1.27 bits per heavy atom. The van der Waals surface area contributed by atoms with Crippen molar-refractivity contribution < 1.29 is 19.4 Å². The molecule has 0 aliphatic carbocycles. The van der Waals surface area contributed by atoms with Crippen molar-refractivity contribution in [1.29, 1.82) is 0 Å². The third-order valence-corrected chi connectivity index (χ3v) is 6.43. The molecule has 11 heteroatoms. The van der Waals surface area contributed by atoms with Gasteiger partial charge in [0, 0.05) is 31.2 Å². The third-order valence-electron chi connectivity index (χ3n) is 6.43. The number of carbonyl (C=O) groups excluding carboxylic acids is 2. The number of nitrogens with one attached hydrogen (secondary N) is 1. The van der Waals surface area contributed by atoms with Crippen LogP contribution in [0.5, 0.6) is 5.75 Å². The molecule has 2 heterocycles. The van der Waals surface area contributed by atoms with Gasteiger partial charge in [-0.25, -0.2) is 4.68 Å². The summed E-state index contributed by atoms with van der Waals surface area (Å²) in [5.74, 6) is -0.125. The molecule has 4 rings (SSSR count). The Bertz CT molecular complexity index is 1190. The number of anilines is 1. The molecular formula is C26H33N7O4. The van der Waals surface area contributed by atoms with Crippen LogP contribution in [0.15, 0.2) is 54.9 Å². The number of likely N-dealkylation sites (N-methyl/N-ethyl adjacent to an activating group) is 1. The first-order chi connectivity index (χ1) is 17.8. The van der Waals surface area contributed by atoms with E-state index in [2.05, 4.69) is 44.8 Å². The Balaban J connectivity index is 1.57. The van der Waals surface area contributed by atoms with Crippen molar-refractivity contribution in [2.75, 3.05) is 32.1 Å². The molecule has 196 valence electrons. The summed E-state index contributed by atoms with van der Waals surface area (Å²) in [5.41, 5.74) is 2.00. The second-order valence-corrected chi connectivity index (χ2v) is 9.57. The molecule has 37 heavy (non-hydrogen) atoms. The molecule has 3 aromatic rings. The number of hydrogen-bond acceptors (Lipinski definition) is 8. The van der Waals surface area contributed by atoms with E-state index in [1.165, 1.54) is 16.6 Å². The zero-order chi connectivity index (χ0) is 26.4. The van der Waals surface area contributed by atoms with E-state index in [-0.39, 0.29) is 43.0 Å². The number of carbonyl (C=O) groups is 2. The molecule has 0 bridgehead atoms. The van der Waals surface area contributed by atoms with Crippen molar-refractivity contribution in [2.45, 2.75) is 39.1 Å². The quantitative estimate of drug-likeness (QED) is 0.448. The smallest absolute Gasteiger partial charge is 0.258 e. The Kier molecular flexibility index (Phi) is 8.47. The van der Waals surface area contributed by atoms with Crippen LogP contribution in [-0.2, 0) is 17.9 Å². The molecule has 0 saturated carbocycles. The van der Waals surface area contributed by atoms with Crippen molar-refractivity contribution in [1.82, 2.24) is 30.0 Å². The number of fused-ring (bicyclic) bond motifs is 1. The fourth-order valence-electron chi connectivity index (χ4n) is 4.39. The van der Waals surface area contributed by atoms with Gasteiger partial charge in [-0.15, -0.1) is 5.10 Å². The molecule has 11 nitrogen and oxygen atoms in total. The molecule has 0 radical (unpaired) electrons. The maximum Gasteiger partial charge on any atom is 0.258 e. The van der Waals surface area contributed by atoms with Gasteiger partial charge in [0.1, 0.15) is 24.7 Å². The van der Waals surface area contributed by atoms with E-state index < -0.39 is 0 Å². The van der Waals surface area contributed by atoms with Gasteiger partial charge >= 0.3 is 0 Å². The second kappa shape index (κ2) is 11.9. The number of aliphatic hydroxyl groups is 1. The Hall–Kier alpha value is -3.83. The van der Waals surface area contributed by atoms with Crippen LogP contribution in [0.1, 0.15) is 29.8 Å². The average molecular weight is 508 g/mol. The fourth-order valence-corrected chi connectivity index (χ4v) is 4.39. The highest BCUT2D eigenvalue weighted by Crippen LogP contribution is 2.30. The Labute approximate surface area is 216 Å². The molecule has 0 fully saturated rings. The van der Waals surface area contributed by atoms with Gasteiger partial charge in [-0.05, 0) is 48.2 Å². The monoisotopic (exact) mass is 507 g/mol. The topological polar surface area (TPSA) is 126 Å². The van der Waals surface area contributed by atoms with Gasteiger partial charge in [0.05, 0.1) is 18.2 Å². The van der Waals surface area contributed by atoms with Crippen molar-refractivity contribution in [3.63, 3.8) is 0 Å². The minimum absolute atomic E-state index is 0.0139. The second-order valence-electron chi connectivity index (χ2n) is 9.57. The zero-order valence-corrected chi connectivity index (χ0v) is 21.3. The van der Waals surface area contributed by atoms with Crippen molar-refractivity contribution in [3.8, 4) is 5.75 Å². The van der Waals surface area contributed by atoms with Gasteiger partial charge in [-0.3, -0.25) is 14.5 Å². The molecule has 2 amide bonds. The molecule has 1 aliphatic rings. The number of ether oxygens (including phenoxy) is 1. The highest BCUT2D eigenvalue weighted by molar-refractivity contribution is 5.99. The average Bonchev–Trinajstić information content (AvgIpc) is 3.39. The number of aliphatic hydroxyl groups excluding tert-OH is 1. The standard InChI is InChI=1S/C26H33N7O4/c1-18-12-33(19(2)16-34)26(36)22-11-21(28-25(35)15-32-17-27-29-30-32)9-10-23(22)37-24(18)14-31(3)13-20-7-5-4-6-8-20/h4-11,17-19,24,34H,12-16H2,1-3H3,(H,28,35)/t18-,19+,24-/m0/s1. The van der Waals surface area contributed by atoms with Crippen LogP contribution < -0.4 is 10.1 Å². The number of amides is 2. The van der Waals surface area contributed by atoms with Crippen LogP contribution in [0.3, 0.4) is 0 Å². The van der Waals surface area contributed by atoms with Gasteiger partial charge < -0.3 is 20.1 Å². The SMILES string of the molecule is C[C@H](CO)N1C[C@H](C)[C@H](CN(C)Cc2ccccc2)Oc2ccc(NC(=O)Cn3cnnn3)cc2C1=O. The molecule has 2 aromatic carbocycles. The lowest BCUT2D eigenvalue weighted by atomic mass is 9.99. The number of benzene rings is 2. The Morgan fingerprint density at radius 2 is 2.05 bits per heavy atom. The van der Waals surface area contributed by atoms with E-state index >= 15 is 0 Å². The third kappa shape index (κ3) is 6.69. The van der Waals surface area contributed by atoms with E-state index in [0.29, 0.717) is 30.1 Å². The molecule has 1 aromatic heterocycles. The summed E-state index contributed by atoms with van der Waals surface area (Å²) < 4.78 is 7.75. The van der Waals surface area contributed by atoms with Crippen LogP contribution in [-0.4, -0.2) is 85.8 Å². The van der Waals surface area contributed by atoms with Crippen LogP contribution in [0.25, 0.3) is 0 Å². The number of aromatic nitrogens is 4. The first-order valence-electron chi connectivity index (χ1n) is 12.3. The summed E-state index contributed by atoms with van der Waals surface area (Å²) in [6, 6.07) is 14.9. The lowest BCUT2D eigenvalue weighted by Crippen LogP contribution is -2.49. The van der Waals surface area contributed by atoms with Gasteiger partial charge in [0.25, 0.3) is 5.91 Å². The van der Waals surface area contributed by atoms with E-state index in [4.69, 9.17) is 4.74 Å². The summed E-state index contributed by atoms with van der Waals surface area (Å²) >= 11 is 0. The first-order valence-corrected chi connectivity index (χ1v) is 12.3. The lowest BCUT2D eigenvalue weighted by Gasteiger charge is -2.38. The summed E-state index contributed by atoms with van der Waals surface area (Å²) in [6.07, 6.45) is 1.15. The van der Waals surface area contributed by atoms with E-state index in [1.54, 1.807) is 23.1 Å². The number of tetrazole rings is 1. The summed E-state index contributed by atoms with van der Waals surface area (Å²) in [6.45, 7) is 5.51. The molecule has 0 spiro atoms. The highest BCUT2D eigenvalue weighted by atomic mass is 16.5. The van der Waals surface area contributed by atoms with E-state index in [0.717, 1.165) is 6.54 Å². The maximum absolute atomic E-state index is 13.6. The zero-order valence-electron chi connectivity index (χ0n) is 21.3. The van der Waals surface area contributed by atoms with E-state index in [1.807, 2.05) is 32.2 Å². The van der Waals surface area contributed by atoms with E-state index in [9.17, 15) is 14.7 Å². The molecule has 2 N–H and O–H groups in total. The van der Waals surface area contributed by atoms with Crippen molar-refractivity contribution >= 4 is 17.5 Å². The largest absolute Gasteiger partial charge is 0.488 e. The molecule has 1 aliphatic heterocycles. The minimum atomic E-state index is -0.373. The minimum Gasteiger partial charge on any atom is -0.488 e. The molecule has 0 unspecified atom stereocenters. The van der Waals surface area contributed by atoms with Crippen molar-refractivity contribution in [3.05, 3.63) is 66.0 Å². The summed E-state index contributed by atoms with van der Waals surface area (Å²) in [7, 11) is 2.05. The fraction of sp³-hybridized carbons (Fsp3) is 0.423. The summed E-state index contributed by atoms with van der Waals surface area (Å²) in [4.78, 5) is 29.9. The summed E-state index contributed by atoms with van der Waals surface area (Å²) in [5, 5.41) is 23.4. The van der Waals surface area contributed by atoms with Gasteiger partial charge in [0.2, 0.25) is 5.91 Å². The predicted octanol–water partition coefficient (Wildman–Crippen LogP) is 1.66. The highest BCUT2D eigenvalue weighted by Gasteiger charge is 2.33. The van der Waals surface area contributed by atoms with Crippen LogP contribution in [0, 0.1) is 5.92 Å². The maximum atomic E-state index is 13.6. The van der Waals surface area contributed by atoms with Gasteiger partial charge in [-0.1, -0.05) is 37.3 Å². The number of rotatable bonds is 9. The van der Waals surface area contributed by atoms with Gasteiger partial charge in [-0.2, -0.15) is 0 Å². The number of nitrogens with zero attached hydrogens (tertiary/aromatic N) is 6. The van der Waals surface area contributed by atoms with Crippen LogP contribution in [0.4, 0.5) is 5.69 Å². The first kappa shape index (κ1) is 26.2. The molecule has 0 saturated heterocycles.